The largest absolute Gasteiger partial charge is 0.481 e. The summed E-state index contributed by atoms with van der Waals surface area (Å²) in [6, 6.07) is 0. The first-order valence-corrected chi connectivity index (χ1v) is 6.77. The lowest BCUT2D eigenvalue weighted by Gasteiger charge is -2.38. The minimum atomic E-state index is -0.908. The van der Waals surface area contributed by atoms with E-state index in [2.05, 4.69) is 10.1 Å². The quantitative estimate of drug-likeness (QED) is 0.895. The molecule has 1 aromatic heterocycles. The second kappa shape index (κ2) is 5.71. The smallest absolute Gasteiger partial charge is 0.410 e. The van der Waals surface area contributed by atoms with Gasteiger partial charge < -0.3 is 19.3 Å². The Hall–Kier alpha value is -2.12. The number of carbonyl (C=O) groups excluding carboxylic acids is 1. The number of aliphatic carboxylic acids is 1. The second-order valence-electron chi connectivity index (χ2n) is 6.02. The summed E-state index contributed by atoms with van der Waals surface area (Å²) in [5.74, 6) is -0.0762. The van der Waals surface area contributed by atoms with Gasteiger partial charge in [0.2, 0.25) is 5.89 Å². The molecule has 2 heterocycles. The molecule has 0 spiro atoms. The normalized spacial score (nSPS) is 15.7. The first-order valence-electron chi connectivity index (χ1n) is 6.77. The van der Waals surface area contributed by atoms with Gasteiger partial charge in [-0.25, -0.2) is 4.79 Å². The van der Waals surface area contributed by atoms with Crippen LogP contribution >= 0.6 is 0 Å². The number of hydrogen-bond donors (Lipinski definition) is 1. The molecule has 0 atom stereocenters. The zero-order valence-electron chi connectivity index (χ0n) is 12.3. The fourth-order valence-corrected chi connectivity index (χ4v) is 1.87. The third-order valence-corrected chi connectivity index (χ3v) is 2.93. The molecule has 0 saturated carbocycles. The molecule has 8 nitrogen and oxygen atoms in total. The molecule has 0 radical (unpaired) electrons. The fraction of sp³-hybridized carbons (Fsp3) is 0.692. The minimum absolute atomic E-state index is 0.0137. The Labute approximate surface area is 122 Å². The molecule has 8 heteroatoms. The number of nitrogens with zero attached hydrogens (tertiary/aromatic N) is 3. The lowest BCUT2D eigenvalue weighted by molar-refractivity contribution is -0.137. The number of ether oxygens (including phenoxy) is 1. The van der Waals surface area contributed by atoms with Gasteiger partial charge in [-0.05, 0) is 20.8 Å². The number of carboxylic acids is 1. The van der Waals surface area contributed by atoms with Crippen molar-refractivity contribution in [3.63, 3.8) is 0 Å². The number of aromatic nitrogens is 2. The first kappa shape index (κ1) is 15.3. The molecule has 21 heavy (non-hydrogen) atoms. The summed E-state index contributed by atoms with van der Waals surface area (Å²) in [5, 5.41) is 12.4. The monoisotopic (exact) mass is 297 g/mol. The Bertz CT molecular complexity index is 528. The van der Waals surface area contributed by atoms with E-state index in [1.807, 2.05) is 20.8 Å². The molecule has 0 unspecified atom stereocenters. The van der Waals surface area contributed by atoms with Gasteiger partial charge in [-0.2, -0.15) is 4.98 Å². The molecule has 1 amide bonds. The minimum Gasteiger partial charge on any atom is -0.481 e. The van der Waals surface area contributed by atoms with E-state index in [-0.39, 0.29) is 24.9 Å². The lowest BCUT2D eigenvalue weighted by atomic mass is 10.0. The molecule has 1 saturated heterocycles. The van der Waals surface area contributed by atoms with E-state index in [9.17, 15) is 9.59 Å². The van der Waals surface area contributed by atoms with Gasteiger partial charge in [0, 0.05) is 19.5 Å². The maximum absolute atomic E-state index is 11.8. The van der Waals surface area contributed by atoms with E-state index in [4.69, 9.17) is 14.4 Å². The Morgan fingerprint density at radius 3 is 2.67 bits per heavy atom. The van der Waals surface area contributed by atoms with Gasteiger partial charge in [0.05, 0.1) is 12.3 Å². The number of carbonyl (C=O) groups is 2. The number of likely N-dealkylation sites (tertiary alicyclic amines) is 1. The molecule has 0 aromatic carbocycles. The van der Waals surface area contributed by atoms with Crippen molar-refractivity contribution >= 4 is 12.1 Å². The van der Waals surface area contributed by atoms with Crippen LogP contribution in [0.3, 0.4) is 0 Å². The predicted molar refractivity (Wildman–Crippen MR) is 70.8 cm³/mol. The van der Waals surface area contributed by atoms with Gasteiger partial charge in [0.25, 0.3) is 0 Å². The number of rotatable bonds is 4. The molecule has 2 rings (SSSR count). The van der Waals surface area contributed by atoms with Crippen LogP contribution in [0.15, 0.2) is 4.52 Å². The highest BCUT2D eigenvalue weighted by atomic mass is 16.6. The van der Waals surface area contributed by atoms with Crippen molar-refractivity contribution < 1.29 is 24.0 Å². The van der Waals surface area contributed by atoms with Gasteiger partial charge >= 0.3 is 12.1 Å². The predicted octanol–water partition coefficient (Wildman–Crippen LogP) is 1.42. The van der Waals surface area contributed by atoms with Crippen molar-refractivity contribution in [1.82, 2.24) is 15.0 Å². The highest BCUT2D eigenvalue weighted by molar-refractivity contribution is 5.69. The molecule has 1 N–H and O–H groups in total. The van der Waals surface area contributed by atoms with Crippen LogP contribution in [0, 0.1) is 0 Å². The molecular formula is C13H19N3O5. The first-order chi connectivity index (χ1) is 9.74. The Kier molecular flexibility index (Phi) is 4.15. The van der Waals surface area contributed by atoms with Crippen molar-refractivity contribution in [2.45, 2.75) is 45.1 Å². The SMILES string of the molecule is CC(C)(C)OC(=O)N1CC(c2noc(CCC(=O)O)n2)C1. The maximum atomic E-state index is 11.8. The van der Waals surface area contributed by atoms with Crippen LogP contribution in [0.25, 0.3) is 0 Å². The summed E-state index contributed by atoms with van der Waals surface area (Å²) >= 11 is 0. The van der Waals surface area contributed by atoms with Crippen LogP contribution in [0.1, 0.15) is 44.8 Å². The van der Waals surface area contributed by atoms with Gasteiger partial charge in [-0.15, -0.1) is 0 Å². The van der Waals surface area contributed by atoms with E-state index in [0.717, 1.165) is 0 Å². The topological polar surface area (TPSA) is 106 Å². The van der Waals surface area contributed by atoms with Gasteiger partial charge in [0.1, 0.15) is 5.60 Å². The summed E-state index contributed by atoms with van der Waals surface area (Å²) in [5.41, 5.74) is -0.516. The number of hydrogen-bond acceptors (Lipinski definition) is 6. The summed E-state index contributed by atoms with van der Waals surface area (Å²) in [6.45, 7) is 6.40. The van der Waals surface area contributed by atoms with E-state index in [1.165, 1.54) is 0 Å². The van der Waals surface area contributed by atoms with E-state index in [0.29, 0.717) is 24.8 Å². The average molecular weight is 297 g/mol. The van der Waals surface area contributed by atoms with Crippen molar-refractivity contribution in [3.8, 4) is 0 Å². The summed E-state index contributed by atoms with van der Waals surface area (Å²) < 4.78 is 10.2. The maximum Gasteiger partial charge on any atom is 0.410 e. The molecule has 0 bridgehead atoms. The van der Waals surface area contributed by atoms with Crippen LogP contribution < -0.4 is 0 Å². The lowest BCUT2D eigenvalue weighted by Crippen LogP contribution is -2.50. The molecule has 116 valence electrons. The van der Waals surface area contributed by atoms with Crippen LogP contribution in [0.2, 0.25) is 0 Å². The standard InChI is InChI=1S/C13H19N3O5/c1-13(2,3)20-12(19)16-6-8(7-16)11-14-9(21-15-11)4-5-10(17)18/h8H,4-7H2,1-3H3,(H,17,18). The number of aryl methyl sites for hydroxylation is 1. The van der Waals surface area contributed by atoms with E-state index < -0.39 is 11.6 Å². The zero-order valence-corrected chi connectivity index (χ0v) is 12.3. The Morgan fingerprint density at radius 2 is 2.10 bits per heavy atom. The molecule has 1 fully saturated rings. The summed E-state index contributed by atoms with van der Waals surface area (Å²) in [7, 11) is 0. The fourth-order valence-electron chi connectivity index (χ4n) is 1.87. The second-order valence-corrected chi connectivity index (χ2v) is 6.02. The van der Waals surface area contributed by atoms with Gasteiger partial charge in [-0.1, -0.05) is 5.16 Å². The molecular weight excluding hydrogens is 278 g/mol. The van der Waals surface area contributed by atoms with Crippen molar-refractivity contribution in [3.05, 3.63) is 11.7 Å². The van der Waals surface area contributed by atoms with Crippen LogP contribution in [0.4, 0.5) is 4.79 Å². The number of carboxylic acid groups (broad SMARTS) is 1. The van der Waals surface area contributed by atoms with Crippen molar-refractivity contribution in [2.24, 2.45) is 0 Å². The molecule has 1 aliphatic heterocycles. The van der Waals surface area contributed by atoms with Crippen molar-refractivity contribution in [1.29, 1.82) is 0 Å². The Morgan fingerprint density at radius 1 is 1.43 bits per heavy atom. The van der Waals surface area contributed by atoms with Gasteiger partial charge in [-0.3, -0.25) is 4.79 Å². The summed E-state index contributed by atoms with van der Waals surface area (Å²) in [4.78, 5) is 28.0. The van der Waals surface area contributed by atoms with E-state index in [1.54, 1.807) is 4.90 Å². The van der Waals surface area contributed by atoms with Crippen LogP contribution in [0.5, 0.6) is 0 Å². The molecule has 1 aliphatic rings. The third-order valence-electron chi connectivity index (χ3n) is 2.93. The molecule has 0 aliphatic carbocycles. The highest BCUT2D eigenvalue weighted by Crippen LogP contribution is 2.26. The number of amides is 1. The summed E-state index contributed by atoms with van der Waals surface area (Å²) in [6.07, 6.45) is -0.186. The van der Waals surface area contributed by atoms with Crippen LogP contribution in [-0.4, -0.2) is 50.9 Å². The van der Waals surface area contributed by atoms with Crippen molar-refractivity contribution in [2.75, 3.05) is 13.1 Å². The highest BCUT2D eigenvalue weighted by Gasteiger charge is 2.37. The van der Waals surface area contributed by atoms with E-state index >= 15 is 0 Å². The Balaban J connectivity index is 1.82. The zero-order chi connectivity index (χ0) is 15.6. The third kappa shape index (κ3) is 4.17. The van der Waals surface area contributed by atoms with Crippen LogP contribution in [-0.2, 0) is 16.0 Å². The van der Waals surface area contributed by atoms with Gasteiger partial charge in [0.15, 0.2) is 5.82 Å². The average Bonchev–Trinajstić information content (AvgIpc) is 2.70. The molecule has 1 aromatic rings.